The van der Waals surface area contributed by atoms with Crippen LogP contribution in [-0.2, 0) is 9.53 Å². The predicted molar refractivity (Wildman–Crippen MR) is 137 cm³/mol. The number of fused-ring (bicyclic) bond motifs is 1. The molecule has 2 aromatic carbocycles. The van der Waals surface area contributed by atoms with Crippen molar-refractivity contribution in [1.29, 1.82) is 0 Å². The van der Waals surface area contributed by atoms with Gasteiger partial charge in [-0.05, 0) is 87.6 Å². The lowest BCUT2D eigenvalue weighted by Gasteiger charge is -2.41. The van der Waals surface area contributed by atoms with Gasteiger partial charge in [0.25, 0.3) is 0 Å². The minimum absolute atomic E-state index is 0.146. The van der Waals surface area contributed by atoms with E-state index in [9.17, 15) is 4.79 Å². The molecule has 4 rings (SSSR count). The number of benzene rings is 2. The molecule has 0 radical (unpaired) electrons. The third-order valence-electron chi connectivity index (χ3n) is 6.07. The van der Waals surface area contributed by atoms with E-state index < -0.39 is 5.97 Å². The summed E-state index contributed by atoms with van der Waals surface area (Å²) in [6, 6.07) is 13.6. The summed E-state index contributed by atoms with van der Waals surface area (Å²) >= 11 is 5.48. The van der Waals surface area contributed by atoms with Gasteiger partial charge in [0.15, 0.2) is 11.7 Å². The van der Waals surface area contributed by atoms with E-state index in [1.807, 2.05) is 49.4 Å². The van der Waals surface area contributed by atoms with Gasteiger partial charge in [-0.3, -0.25) is 5.43 Å². The van der Waals surface area contributed by atoms with Gasteiger partial charge in [-0.25, -0.2) is 4.79 Å². The van der Waals surface area contributed by atoms with Gasteiger partial charge in [-0.15, -0.1) is 0 Å². The largest absolute Gasteiger partial charge is 0.486 e. The van der Waals surface area contributed by atoms with Gasteiger partial charge < -0.3 is 19.5 Å². The number of esters is 1. The molecule has 0 unspecified atom stereocenters. The van der Waals surface area contributed by atoms with E-state index in [-0.39, 0.29) is 12.2 Å². The summed E-state index contributed by atoms with van der Waals surface area (Å²) in [5.41, 5.74) is 6.51. The monoisotopic (exact) mass is 481 g/mol. The first-order chi connectivity index (χ1) is 16.5. The lowest BCUT2D eigenvalue weighted by atomic mass is 9.78. The Morgan fingerprint density at radius 3 is 2.76 bits per heavy atom. The van der Waals surface area contributed by atoms with E-state index in [1.54, 1.807) is 6.92 Å². The average molecular weight is 482 g/mol. The molecule has 0 amide bonds. The Bertz CT molecular complexity index is 1080. The van der Waals surface area contributed by atoms with E-state index in [2.05, 4.69) is 10.7 Å². The zero-order valence-corrected chi connectivity index (χ0v) is 20.5. The smallest absolute Gasteiger partial charge is 0.344 e. The number of carbonyl (C=O) groups excluding carboxylic acids is 1. The topological polar surface area (TPSA) is 81.2 Å². The van der Waals surface area contributed by atoms with Crippen LogP contribution in [0.25, 0.3) is 0 Å². The quantitative estimate of drug-likeness (QED) is 0.337. The minimum Gasteiger partial charge on any atom is -0.486 e. The molecule has 1 aliphatic carbocycles. The highest BCUT2D eigenvalue weighted by Gasteiger charge is 2.40. The van der Waals surface area contributed by atoms with Crippen molar-refractivity contribution in [2.24, 2.45) is 5.10 Å². The first-order valence-electron chi connectivity index (χ1n) is 11.8. The lowest BCUT2D eigenvalue weighted by molar-refractivity contribution is -0.145. The number of rotatable bonds is 6. The molecule has 1 aliphatic heterocycles. The Morgan fingerprint density at radius 2 is 2.00 bits per heavy atom. The van der Waals surface area contributed by atoms with Crippen LogP contribution >= 0.6 is 12.2 Å². The van der Waals surface area contributed by atoms with Gasteiger partial charge in [0.05, 0.1) is 12.3 Å². The SMILES string of the molecule is CCOC(=O)COc1ccc2c(c1)/C(=N/NC(=S)Nc1cccc(C)c1)CC1(CCCCC1)O2. The number of nitrogens with zero attached hydrogens (tertiary/aromatic N) is 1. The molecule has 7 nitrogen and oxygen atoms in total. The molecule has 0 saturated heterocycles. The van der Waals surface area contributed by atoms with Crippen LogP contribution in [0, 0.1) is 6.92 Å². The molecule has 0 atom stereocenters. The van der Waals surface area contributed by atoms with Gasteiger partial charge >= 0.3 is 5.97 Å². The summed E-state index contributed by atoms with van der Waals surface area (Å²) in [4.78, 5) is 11.7. The molecular weight excluding hydrogens is 450 g/mol. The third-order valence-corrected chi connectivity index (χ3v) is 6.27. The number of carbonyl (C=O) groups is 1. The molecule has 0 aromatic heterocycles. The highest BCUT2D eigenvalue weighted by atomic mass is 32.1. The molecule has 0 bridgehead atoms. The van der Waals surface area contributed by atoms with Crippen LogP contribution in [0.4, 0.5) is 5.69 Å². The Hall–Kier alpha value is -3.13. The van der Waals surface area contributed by atoms with Gasteiger partial charge in [-0.1, -0.05) is 18.6 Å². The standard InChI is InChI=1S/C26H31N3O4S/c1-3-31-24(30)17-32-20-10-11-23-21(15-20)22(16-26(33-23)12-5-4-6-13-26)28-29-25(34)27-19-9-7-8-18(2)14-19/h7-11,14-15H,3-6,12-13,16-17H2,1-2H3,(H2,27,29,34)/b28-22+. The maximum absolute atomic E-state index is 11.7. The first kappa shape index (κ1) is 24.0. The number of hydrogen-bond donors (Lipinski definition) is 2. The second-order valence-corrected chi connectivity index (χ2v) is 9.18. The van der Waals surface area contributed by atoms with Crippen LogP contribution in [0.15, 0.2) is 47.6 Å². The van der Waals surface area contributed by atoms with Crippen LogP contribution < -0.4 is 20.2 Å². The Kier molecular flexibility index (Phi) is 7.67. The highest BCUT2D eigenvalue weighted by molar-refractivity contribution is 7.80. The summed E-state index contributed by atoms with van der Waals surface area (Å²) in [7, 11) is 0. The highest BCUT2D eigenvalue weighted by Crippen LogP contribution is 2.43. The van der Waals surface area contributed by atoms with Crippen molar-refractivity contribution in [2.75, 3.05) is 18.5 Å². The zero-order chi connectivity index (χ0) is 24.0. The number of hydrogen-bond acceptors (Lipinski definition) is 6. The number of anilines is 1. The summed E-state index contributed by atoms with van der Waals surface area (Å²) in [5.74, 6) is 0.929. The van der Waals surface area contributed by atoms with Crippen LogP contribution in [-0.4, -0.2) is 35.6 Å². The zero-order valence-electron chi connectivity index (χ0n) is 19.7. The van der Waals surface area contributed by atoms with Gasteiger partial charge in [0.2, 0.25) is 0 Å². The van der Waals surface area contributed by atoms with Crippen molar-refractivity contribution < 1.29 is 19.0 Å². The number of aryl methyl sites for hydroxylation is 1. The van der Waals surface area contributed by atoms with E-state index in [1.165, 1.54) is 6.42 Å². The molecule has 8 heteroatoms. The van der Waals surface area contributed by atoms with Crippen molar-refractivity contribution in [3.05, 3.63) is 53.6 Å². The first-order valence-corrected chi connectivity index (χ1v) is 12.2. The lowest BCUT2D eigenvalue weighted by Crippen LogP contribution is -2.44. The van der Waals surface area contributed by atoms with Crippen molar-refractivity contribution in [1.82, 2.24) is 5.43 Å². The van der Waals surface area contributed by atoms with Crippen LogP contribution in [0.2, 0.25) is 0 Å². The summed E-state index contributed by atoms with van der Waals surface area (Å²) in [6.07, 6.45) is 6.19. The molecule has 34 heavy (non-hydrogen) atoms. The van der Waals surface area contributed by atoms with Gasteiger partial charge in [0, 0.05) is 17.7 Å². The van der Waals surface area contributed by atoms with Crippen molar-refractivity contribution >= 4 is 34.7 Å². The fourth-order valence-electron chi connectivity index (χ4n) is 4.50. The van der Waals surface area contributed by atoms with Crippen LogP contribution in [0.1, 0.15) is 56.6 Å². The molecule has 1 fully saturated rings. The molecule has 1 heterocycles. The van der Waals surface area contributed by atoms with Crippen molar-refractivity contribution in [2.45, 2.75) is 58.0 Å². The number of nitrogens with one attached hydrogen (secondary N) is 2. The molecule has 2 aliphatic rings. The van der Waals surface area contributed by atoms with Crippen molar-refractivity contribution in [3.63, 3.8) is 0 Å². The van der Waals surface area contributed by atoms with Gasteiger partial charge in [-0.2, -0.15) is 5.10 Å². The Labute approximate surface area is 205 Å². The third kappa shape index (κ3) is 6.05. The van der Waals surface area contributed by atoms with Crippen LogP contribution in [0.3, 0.4) is 0 Å². The molecular formula is C26H31N3O4S. The summed E-state index contributed by atoms with van der Waals surface area (Å²) in [6.45, 7) is 3.98. The second-order valence-electron chi connectivity index (χ2n) is 8.77. The van der Waals surface area contributed by atoms with Crippen LogP contribution in [0.5, 0.6) is 11.5 Å². The molecule has 1 spiro atoms. The molecule has 180 valence electrons. The molecule has 2 N–H and O–H groups in total. The fourth-order valence-corrected chi connectivity index (χ4v) is 4.67. The number of hydrazone groups is 1. The van der Waals surface area contributed by atoms with E-state index in [0.717, 1.165) is 54.0 Å². The van der Waals surface area contributed by atoms with Crippen molar-refractivity contribution in [3.8, 4) is 11.5 Å². The Balaban J connectivity index is 1.54. The summed E-state index contributed by atoms with van der Waals surface area (Å²) in [5, 5.41) is 8.29. The maximum Gasteiger partial charge on any atom is 0.344 e. The maximum atomic E-state index is 11.7. The van der Waals surface area contributed by atoms with E-state index in [0.29, 0.717) is 23.9 Å². The average Bonchev–Trinajstić information content (AvgIpc) is 2.82. The second kappa shape index (κ2) is 10.9. The normalized spacial score (nSPS) is 17.4. The van der Waals surface area contributed by atoms with Gasteiger partial charge in [0.1, 0.15) is 17.1 Å². The minimum atomic E-state index is -0.402. The predicted octanol–water partition coefficient (Wildman–Crippen LogP) is 5.11. The number of ether oxygens (including phenoxy) is 3. The summed E-state index contributed by atoms with van der Waals surface area (Å²) < 4.78 is 17.1. The van der Waals surface area contributed by atoms with E-state index in [4.69, 9.17) is 31.5 Å². The molecule has 1 saturated carbocycles. The molecule has 2 aromatic rings. The van der Waals surface area contributed by atoms with E-state index >= 15 is 0 Å². The fraction of sp³-hybridized carbons (Fsp3) is 0.423. The Morgan fingerprint density at radius 1 is 1.18 bits per heavy atom. The number of thiocarbonyl (C=S) groups is 1.